The smallest absolute Gasteiger partial charge is 0.193 e. The Bertz CT molecular complexity index is 367. The number of likely N-dealkylation sites (tertiary alicyclic amines) is 2. The van der Waals surface area contributed by atoms with E-state index < -0.39 is 0 Å². The number of guanidine groups is 1. The lowest BCUT2D eigenvalue weighted by atomic mass is 9.79. The monoisotopic (exact) mass is 434 g/mol. The fourth-order valence-corrected chi connectivity index (χ4v) is 4.69. The number of hydrogen-bond donors (Lipinski definition) is 1. The Balaban J connectivity index is 0.00000192. The zero-order chi connectivity index (χ0) is 15.3. The lowest BCUT2D eigenvalue weighted by Gasteiger charge is -2.48. The molecule has 0 aromatic rings. The van der Waals surface area contributed by atoms with Crippen LogP contribution in [0.25, 0.3) is 0 Å². The van der Waals surface area contributed by atoms with Crippen molar-refractivity contribution in [1.82, 2.24) is 15.1 Å². The number of nitrogens with one attached hydrogen (secondary N) is 1. The SMILES string of the molecule is CN=C(NCC1(N2CCCCC2)CCCCC1)N1CCCC1.I. The average Bonchev–Trinajstić information content (AvgIpc) is 3.12. The first-order valence-electron chi connectivity index (χ1n) is 9.55. The van der Waals surface area contributed by atoms with E-state index in [1.165, 1.54) is 90.4 Å². The van der Waals surface area contributed by atoms with Crippen molar-refractivity contribution in [1.29, 1.82) is 0 Å². The summed E-state index contributed by atoms with van der Waals surface area (Å²) < 4.78 is 0. The highest BCUT2D eigenvalue weighted by Gasteiger charge is 2.38. The van der Waals surface area contributed by atoms with Gasteiger partial charge in [0.25, 0.3) is 0 Å². The van der Waals surface area contributed by atoms with E-state index >= 15 is 0 Å². The van der Waals surface area contributed by atoms with Crippen LogP contribution >= 0.6 is 24.0 Å². The minimum Gasteiger partial charge on any atom is -0.354 e. The van der Waals surface area contributed by atoms with Gasteiger partial charge in [-0.05, 0) is 51.6 Å². The van der Waals surface area contributed by atoms with Crippen LogP contribution in [0.4, 0.5) is 0 Å². The predicted molar refractivity (Wildman–Crippen MR) is 109 cm³/mol. The molecule has 23 heavy (non-hydrogen) atoms. The highest BCUT2D eigenvalue weighted by molar-refractivity contribution is 14.0. The maximum Gasteiger partial charge on any atom is 0.193 e. The maximum absolute atomic E-state index is 4.54. The van der Waals surface area contributed by atoms with Crippen LogP contribution in [0.1, 0.15) is 64.2 Å². The van der Waals surface area contributed by atoms with Gasteiger partial charge in [0, 0.05) is 32.2 Å². The zero-order valence-corrected chi connectivity index (χ0v) is 17.2. The largest absolute Gasteiger partial charge is 0.354 e. The Morgan fingerprint density at radius 2 is 1.43 bits per heavy atom. The molecule has 0 aromatic heterocycles. The summed E-state index contributed by atoms with van der Waals surface area (Å²) in [6, 6.07) is 0. The quantitative estimate of drug-likeness (QED) is 0.419. The molecule has 0 unspecified atom stereocenters. The molecule has 0 radical (unpaired) electrons. The summed E-state index contributed by atoms with van der Waals surface area (Å²) in [6.07, 6.45) is 13.8. The Labute approximate surface area is 159 Å². The van der Waals surface area contributed by atoms with Gasteiger partial charge < -0.3 is 10.2 Å². The molecule has 1 N–H and O–H groups in total. The number of aliphatic imine (C=N–C) groups is 1. The summed E-state index contributed by atoms with van der Waals surface area (Å²) >= 11 is 0. The van der Waals surface area contributed by atoms with Crippen LogP contribution in [-0.4, -0.2) is 61.1 Å². The van der Waals surface area contributed by atoms with Crippen molar-refractivity contribution >= 4 is 29.9 Å². The average molecular weight is 434 g/mol. The van der Waals surface area contributed by atoms with Gasteiger partial charge in [-0.3, -0.25) is 9.89 Å². The van der Waals surface area contributed by atoms with Gasteiger partial charge in [0.1, 0.15) is 0 Å². The normalized spacial score (nSPS) is 26.0. The van der Waals surface area contributed by atoms with Crippen molar-refractivity contribution in [2.75, 3.05) is 39.8 Å². The second-order valence-corrected chi connectivity index (χ2v) is 7.43. The van der Waals surface area contributed by atoms with Crippen molar-refractivity contribution in [3.63, 3.8) is 0 Å². The molecule has 2 aliphatic heterocycles. The standard InChI is InChI=1S/C18H34N4.HI/c1-19-17(21-12-8-9-13-21)20-16-18(10-4-2-5-11-18)22-14-6-3-7-15-22;/h2-16H2,1H3,(H,19,20);1H. The third-order valence-corrected chi connectivity index (χ3v) is 6.00. The Morgan fingerprint density at radius 1 is 0.870 bits per heavy atom. The molecule has 0 amide bonds. The van der Waals surface area contributed by atoms with Gasteiger partial charge in [0.15, 0.2) is 5.96 Å². The van der Waals surface area contributed by atoms with Crippen molar-refractivity contribution in [3.05, 3.63) is 0 Å². The third-order valence-electron chi connectivity index (χ3n) is 6.00. The molecule has 0 aromatic carbocycles. The second kappa shape index (κ2) is 9.44. The highest BCUT2D eigenvalue weighted by atomic mass is 127. The fourth-order valence-electron chi connectivity index (χ4n) is 4.69. The Kier molecular flexibility index (Phi) is 7.92. The van der Waals surface area contributed by atoms with E-state index in [1.54, 1.807) is 0 Å². The van der Waals surface area contributed by atoms with Crippen LogP contribution < -0.4 is 5.32 Å². The molecule has 134 valence electrons. The highest BCUT2D eigenvalue weighted by Crippen LogP contribution is 2.35. The van der Waals surface area contributed by atoms with Crippen molar-refractivity contribution in [2.45, 2.75) is 69.7 Å². The number of nitrogens with zero attached hydrogens (tertiary/aromatic N) is 3. The number of hydrogen-bond acceptors (Lipinski definition) is 2. The van der Waals surface area contributed by atoms with E-state index in [0.29, 0.717) is 5.54 Å². The first-order chi connectivity index (χ1) is 10.8. The lowest BCUT2D eigenvalue weighted by Crippen LogP contribution is -2.59. The topological polar surface area (TPSA) is 30.9 Å². The van der Waals surface area contributed by atoms with Crippen LogP contribution in [0.15, 0.2) is 4.99 Å². The molecule has 0 bridgehead atoms. The van der Waals surface area contributed by atoms with Crippen molar-refractivity contribution in [2.24, 2.45) is 4.99 Å². The summed E-state index contributed by atoms with van der Waals surface area (Å²) in [5.74, 6) is 1.14. The molecule has 3 fully saturated rings. The molecule has 2 saturated heterocycles. The first kappa shape index (κ1) is 19.3. The van der Waals surface area contributed by atoms with Gasteiger partial charge in [-0.25, -0.2) is 0 Å². The summed E-state index contributed by atoms with van der Waals surface area (Å²) in [7, 11) is 1.94. The molecule has 0 spiro atoms. The van der Waals surface area contributed by atoms with Gasteiger partial charge in [-0.1, -0.05) is 25.7 Å². The summed E-state index contributed by atoms with van der Waals surface area (Å²) in [4.78, 5) is 9.80. The van der Waals surface area contributed by atoms with E-state index in [0.717, 1.165) is 12.5 Å². The molecule has 3 rings (SSSR count). The van der Waals surface area contributed by atoms with Crippen LogP contribution in [0, 0.1) is 0 Å². The molecule has 0 atom stereocenters. The fraction of sp³-hybridized carbons (Fsp3) is 0.944. The molecular formula is C18H35IN4. The molecule has 2 heterocycles. The minimum absolute atomic E-state index is 0. The lowest BCUT2D eigenvalue weighted by molar-refractivity contribution is 0.0364. The minimum atomic E-state index is 0. The molecule has 4 nitrogen and oxygen atoms in total. The summed E-state index contributed by atoms with van der Waals surface area (Å²) in [5, 5.41) is 3.75. The van der Waals surface area contributed by atoms with Gasteiger partial charge in [-0.2, -0.15) is 0 Å². The van der Waals surface area contributed by atoms with E-state index in [-0.39, 0.29) is 24.0 Å². The first-order valence-corrected chi connectivity index (χ1v) is 9.55. The van der Waals surface area contributed by atoms with E-state index in [9.17, 15) is 0 Å². The van der Waals surface area contributed by atoms with E-state index in [4.69, 9.17) is 0 Å². The van der Waals surface area contributed by atoms with Crippen molar-refractivity contribution < 1.29 is 0 Å². The molecular weight excluding hydrogens is 399 g/mol. The van der Waals surface area contributed by atoms with E-state index in [2.05, 4.69) is 20.1 Å². The van der Waals surface area contributed by atoms with Crippen LogP contribution in [-0.2, 0) is 0 Å². The van der Waals surface area contributed by atoms with Crippen molar-refractivity contribution in [3.8, 4) is 0 Å². The third kappa shape index (κ3) is 4.74. The summed E-state index contributed by atoms with van der Waals surface area (Å²) in [6.45, 7) is 6.07. The Morgan fingerprint density at radius 3 is 2.04 bits per heavy atom. The molecule has 1 aliphatic carbocycles. The number of piperidine rings is 1. The maximum atomic E-state index is 4.54. The summed E-state index contributed by atoms with van der Waals surface area (Å²) in [5.41, 5.74) is 0.397. The Hall–Kier alpha value is -0.0400. The molecule has 1 saturated carbocycles. The van der Waals surface area contributed by atoms with Crippen LogP contribution in [0.3, 0.4) is 0 Å². The van der Waals surface area contributed by atoms with Crippen LogP contribution in [0.2, 0.25) is 0 Å². The van der Waals surface area contributed by atoms with Gasteiger partial charge in [0.05, 0.1) is 0 Å². The second-order valence-electron chi connectivity index (χ2n) is 7.43. The predicted octanol–water partition coefficient (Wildman–Crippen LogP) is 3.46. The number of halogens is 1. The molecule has 3 aliphatic rings. The zero-order valence-electron chi connectivity index (χ0n) is 14.9. The van der Waals surface area contributed by atoms with Gasteiger partial charge in [-0.15, -0.1) is 24.0 Å². The van der Waals surface area contributed by atoms with Gasteiger partial charge >= 0.3 is 0 Å². The molecule has 5 heteroatoms. The number of rotatable bonds is 3. The van der Waals surface area contributed by atoms with E-state index in [1.807, 2.05) is 7.05 Å². The van der Waals surface area contributed by atoms with Crippen LogP contribution in [0.5, 0.6) is 0 Å². The van der Waals surface area contributed by atoms with Gasteiger partial charge in [0.2, 0.25) is 0 Å².